The number of amides is 1. The van der Waals surface area contributed by atoms with Crippen LogP contribution in [0, 0.1) is 5.82 Å². The normalized spacial score (nSPS) is 11.1. The van der Waals surface area contributed by atoms with Crippen molar-refractivity contribution < 1.29 is 9.18 Å². The van der Waals surface area contributed by atoms with Crippen LogP contribution in [0.3, 0.4) is 0 Å². The van der Waals surface area contributed by atoms with E-state index in [1.807, 2.05) is 44.2 Å². The number of halogens is 1. The Balaban J connectivity index is 2.22. The van der Waals surface area contributed by atoms with Crippen molar-refractivity contribution in [1.29, 1.82) is 0 Å². The fraction of sp³-hybridized carbons (Fsp3) is 0.188. The summed E-state index contributed by atoms with van der Waals surface area (Å²) < 4.78 is 13.6. The molecule has 0 atom stereocenters. The molecule has 0 aliphatic carbocycles. The maximum Gasteiger partial charge on any atom is 0.254 e. The third-order valence-corrected chi connectivity index (χ3v) is 3.04. The van der Waals surface area contributed by atoms with E-state index in [4.69, 9.17) is 0 Å². The lowest BCUT2D eigenvalue weighted by Gasteiger charge is -2.27. The van der Waals surface area contributed by atoms with Gasteiger partial charge in [-0.25, -0.2) is 4.39 Å². The molecule has 2 aromatic rings. The third-order valence-electron chi connectivity index (χ3n) is 3.04. The van der Waals surface area contributed by atoms with Gasteiger partial charge < -0.3 is 5.32 Å². The molecule has 1 amide bonds. The van der Waals surface area contributed by atoms with Crippen molar-refractivity contribution in [3.63, 3.8) is 0 Å². The first-order chi connectivity index (χ1) is 9.00. The Labute approximate surface area is 112 Å². The zero-order valence-electron chi connectivity index (χ0n) is 11.0. The van der Waals surface area contributed by atoms with E-state index < -0.39 is 17.3 Å². The van der Waals surface area contributed by atoms with Gasteiger partial charge in [0.05, 0.1) is 11.1 Å². The van der Waals surface area contributed by atoms with Gasteiger partial charge in [-0.3, -0.25) is 4.79 Å². The Hall–Kier alpha value is -2.16. The zero-order valence-corrected chi connectivity index (χ0v) is 11.0. The van der Waals surface area contributed by atoms with Crippen LogP contribution in [-0.4, -0.2) is 5.91 Å². The summed E-state index contributed by atoms with van der Waals surface area (Å²) in [7, 11) is 0. The van der Waals surface area contributed by atoms with Crippen molar-refractivity contribution in [1.82, 2.24) is 5.32 Å². The van der Waals surface area contributed by atoms with E-state index in [1.165, 1.54) is 12.1 Å². The number of nitrogens with one attached hydrogen (secondary N) is 1. The Morgan fingerprint density at radius 3 is 2.21 bits per heavy atom. The lowest BCUT2D eigenvalue weighted by atomic mass is 9.94. The molecule has 0 aliphatic rings. The second-order valence-electron chi connectivity index (χ2n) is 4.92. The summed E-state index contributed by atoms with van der Waals surface area (Å²) in [6.45, 7) is 3.78. The molecule has 0 bridgehead atoms. The summed E-state index contributed by atoms with van der Waals surface area (Å²) in [5.74, 6) is -0.921. The van der Waals surface area contributed by atoms with E-state index in [0.717, 1.165) is 5.56 Å². The summed E-state index contributed by atoms with van der Waals surface area (Å²) in [5.41, 5.74) is 0.479. The summed E-state index contributed by atoms with van der Waals surface area (Å²) in [5, 5.41) is 2.85. The van der Waals surface area contributed by atoms with Crippen LogP contribution >= 0.6 is 0 Å². The summed E-state index contributed by atoms with van der Waals surface area (Å²) in [6, 6.07) is 15.6. The van der Waals surface area contributed by atoms with E-state index >= 15 is 0 Å². The Kier molecular flexibility index (Phi) is 3.65. The lowest BCUT2D eigenvalue weighted by molar-refractivity contribution is 0.0908. The van der Waals surface area contributed by atoms with Crippen LogP contribution < -0.4 is 5.32 Å². The molecule has 0 unspecified atom stereocenters. The highest BCUT2D eigenvalue weighted by Gasteiger charge is 2.24. The van der Waals surface area contributed by atoms with Gasteiger partial charge in [-0.15, -0.1) is 0 Å². The standard InChI is InChI=1S/C16H16FNO/c1-16(2,12-8-4-3-5-9-12)18-15(19)13-10-6-7-11-14(13)17/h3-11H,1-2H3,(H,18,19). The maximum atomic E-state index is 13.6. The number of hydrogen-bond acceptors (Lipinski definition) is 1. The van der Waals surface area contributed by atoms with Gasteiger partial charge in [0.15, 0.2) is 0 Å². The van der Waals surface area contributed by atoms with E-state index in [2.05, 4.69) is 5.32 Å². The molecule has 98 valence electrons. The number of carbonyl (C=O) groups is 1. The zero-order chi connectivity index (χ0) is 13.9. The largest absolute Gasteiger partial charge is 0.343 e. The summed E-state index contributed by atoms with van der Waals surface area (Å²) in [6.07, 6.45) is 0. The van der Waals surface area contributed by atoms with E-state index in [0.29, 0.717) is 0 Å². The number of hydrogen-bond donors (Lipinski definition) is 1. The molecule has 0 heterocycles. The third kappa shape index (κ3) is 2.99. The van der Waals surface area contributed by atoms with Crippen LogP contribution in [0.25, 0.3) is 0 Å². The van der Waals surface area contributed by atoms with Crippen LogP contribution in [0.5, 0.6) is 0 Å². The molecule has 0 spiro atoms. The minimum Gasteiger partial charge on any atom is -0.343 e. The van der Waals surface area contributed by atoms with Crippen LogP contribution in [0.1, 0.15) is 29.8 Å². The van der Waals surface area contributed by atoms with Crippen LogP contribution in [0.2, 0.25) is 0 Å². The lowest BCUT2D eigenvalue weighted by Crippen LogP contribution is -2.41. The minimum atomic E-state index is -0.555. The van der Waals surface area contributed by atoms with Crippen molar-refractivity contribution in [2.24, 2.45) is 0 Å². The predicted molar refractivity (Wildman–Crippen MR) is 73.3 cm³/mol. The number of benzene rings is 2. The van der Waals surface area contributed by atoms with Gasteiger partial charge in [-0.1, -0.05) is 42.5 Å². The smallest absolute Gasteiger partial charge is 0.254 e. The first kappa shape index (κ1) is 13.3. The van der Waals surface area contributed by atoms with Crippen LogP contribution in [0.15, 0.2) is 54.6 Å². The SMILES string of the molecule is CC(C)(NC(=O)c1ccccc1F)c1ccccc1. The average molecular weight is 257 g/mol. The van der Waals surface area contributed by atoms with E-state index in [1.54, 1.807) is 12.1 Å². The Morgan fingerprint density at radius 2 is 1.58 bits per heavy atom. The highest BCUT2D eigenvalue weighted by Crippen LogP contribution is 2.20. The second kappa shape index (κ2) is 5.22. The maximum absolute atomic E-state index is 13.6. The van der Waals surface area contributed by atoms with Crippen molar-refractivity contribution in [3.05, 3.63) is 71.5 Å². The highest BCUT2D eigenvalue weighted by molar-refractivity contribution is 5.94. The molecule has 0 radical (unpaired) electrons. The minimum absolute atomic E-state index is 0.0616. The molecule has 2 rings (SSSR count). The highest BCUT2D eigenvalue weighted by atomic mass is 19.1. The Bertz CT molecular complexity index is 578. The summed E-state index contributed by atoms with van der Waals surface area (Å²) >= 11 is 0. The van der Waals surface area contributed by atoms with Crippen molar-refractivity contribution >= 4 is 5.91 Å². The summed E-state index contributed by atoms with van der Waals surface area (Å²) in [4.78, 5) is 12.1. The predicted octanol–water partition coefficient (Wildman–Crippen LogP) is 3.49. The molecule has 0 aliphatic heterocycles. The monoisotopic (exact) mass is 257 g/mol. The molecule has 1 N–H and O–H groups in total. The van der Waals surface area contributed by atoms with Gasteiger partial charge in [0.25, 0.3) is 5.91 Å². The van der Waals surface area contributed by atoms with Crippen molar-refractivity contribution in [3.8, 4) is 0 Å². The van der Waals surface area contributed by atoms with Gasteiger partial charge >= 0.3 is 0 Å². The molecular weight excluding hydrogens is 241 g/mol. The molecule has 2 nitrogen and oxygen atoms in total. The topological polar surface area (TPSA) is 29.1 Å². The number of carbonyl (C=O) groups excluding carboxylic acids is 1. The average Bonchev–Trinajstić information content (AvgIpc) is 2.39. The fourth-order valence-electron chi connectivity index (χ4n) is 1.92. The second-order valence-corrected chi connectivity index (χ2v) is 4.92. The van der Waals surface area contributed by atoms with Gasteiger partial charge in [-0.2, -0.15) is 0 Å². The fourth-order valence-corrected chi connectivity index (χ4v) is 1.92. The van der Waals surface area contributed by atoms with Gasteiger partial charge in [-0.05, 0) is 31.5 Å². The van der Waals surface area contributed by atoms with Crippen LogP contribution in [0.4, 0.5) is 4.39 Å². The van der Waals surface area contributed by atoms with E-state index in [-0.39, 0.29) is 5.56 Å². The van der Waals surface area contributed by atoms with E-state index in [9.17, 15) is 9.18 Å². The molecule has 3 heteroatoms. The van der Waals surface area contributed by atoms with Gasteiger partial charge in [0, 0.05) is 0 Å². The van der Waals surface area contributed by atoms with Gasteiger partial charge in [0.2, 0.25) is 0 Å². The van der Waals surface area contributed by atoms with Gasteiger partial charge in [0.1, 0.15) is 5.82 Å². The molecule has 0 saturated carbocycles. The quantitative estimate of drug-likeness (QED) is 0.896. The van der Waals surface area contributed by atoms with Crippen molar-refractivity contribution in [2.75, 3.05) is 0 Å². The first-order valence-corrected chi connectivity index (χ1v) is 6.13. The van der Waals surface area contributed by atoms with Crippen molar-refractivity contribution in [2.45, 2.75) is 19.4 Å². The molecule has 2 aromatic carbocycles. The Morgan fingerprint density at radius 1 is 1.00 bits per heavy atom. The molecule has 0 aromatic heterocycles. The molecular formula is C16H16FNO. The molecule has 19 heavy (non-hydrogen) atoms. The molecule has 0 fully saturated rings. The molecule has 0 saturated heterocycles. The first-order valence-electron chi connectivity index (χ1n) is 6.13. The van der Waals surface area contributed by atoms with Crippen LogP contribution in [-0.2, 0) is 5.54 Å². The number of rotatable bonds is 3.